The van der Waals surface area contributed by atoms with Crippen LogP contribution in [0.5, 0.6) is 5.75 Å². The number of phenols is 1. The first kappa shape index (κ1) is 13.7. The predicted octanol–water partition coefficient (Wildman–Crippen LogP) is 0.181. The van der Waals surface area contributed by atoms with Crippen LogP contribution in [-0.2, 0) is 0 Å². The van der Waals surface area contributed by atoms with E-state index in [0.717, 1.165) is 12.3 Å². The summed E-state index contributed by atoms with van der Waals surface area (Å²) in [5.74, 6) is -1.22. The molecule has 0 aromatic heterocycles. The minimum atomic E-state index is -0.768. The van der Waals surface area contributed by atoms with Gasteiger partial charge in [0.2, 0.25) is 5.75 Å². The third-order valence-electron chi connectivity index (χ3n) is 1.80. The number of nitro benzene ring substituents is 1. The number of hydrogen-bond acceptors (Lipinski definition) is 5. The molecule has 0 aliphatic heterocycles. The van der Waals surface area contributed by atoms with Crippen LogP contribution in [0.2, 0.25) is 0 Å². The highest BCUT2D eigenvalue weighted by molar-refractivity contribution is 9.10. The van der Waals surface area contributed by atoms with Gasteiger partial charge in [-0.2, -0.15) is 0 Å². The van der Waals surface area contributed by atoms with E-state index in [1.807, 2.05) is 0 Å². The quantitative estimate of drug-likeness (QED) is 0.180. The fourth-order valence-corrected chi connectivity index (χ4v) is 1.49. The van der Waals surface area contributed by atoms with Crippen molar-refractivity contribution in [2.24, 2.45) is 16.6 Å². The minimum absolute atomic E-state index is 0.0295. The van der Waals surface area contributed by atoms with Crippen LogP contribution in [0.4, 0.5) is 5.69 Å². The van der Waals surface area contributed by atoms with Crippen molar-refractivity contribution in [2.75, 3.05) is 0 Å². The van der Waals surface area contributed by atoms with E-state index in [4.69, 9.17) is 11.5 Å². The molecule has 1 rings (SSSR count). The zero-order valence-electron chi connectivity index (χ0n) is 8.78. The third-order valence-corrected chi connectivity index (χ3v) is 2.26. The fourth-order valence-electron chi connectivity index (χ4n) is 1.02. The molecule has 1 aromatic carbocycles. The Balaban J connectivity index is 3.26. The Morgan fingerprint density at radius 3 is 2.56 bits per heavy atom. The number of rotatable bonds is 3. The molecule has 0 aliphatic carbocycles. The van der Waals surface area contributed by atoms with Crippen molar-refractivity contribution in [1.82, 2.24) is 0 Å². The van der Waals surface area contributed by atoms with Gasteiger partial charge in [-0.05, 0) is 6.07 Å². The molecule has 0 bridgehead atoms. The highest BCUT2D eigenvalue weighted by Crippen LogP contribution is 2.32. The van der Waals surface area contributed by atoms with Crippen LogP contribution in [0.1, 0.15) is 5.56 Å². The number of phenolic OH excluding ortho intramolecular Hbond substituents is 1. The molecule has 0 aliphatic rings. The molecule has 0 radical (unpaired) electrons. The topological polar surface area (TPSA) is 154 Å². The van der Waals surface area contributed by atoms with Gasteiger partial charge in [-0.25, -0.2) is 0 Å². The van der Waals surface area contributed by atoms with E-state index >= 15 is 0 Å². The summed E-state index contributed by atoms with van der Waals surface area (Å²) in [5.41, 5.74) is 9.37. The van der Waals surface area contributed by atoms with Gasteiger partial charge in [-0.15, -0.1) is 9.95 Å². The lowest BCUT2D eigenvalue weighted by atomic mass is 10.2. The van der Waals surface area contributed by atoms with Crippen molar-refractivity contribution in [3.8, 4) is 5.75 Å². The smallest absolute Gasteiger partial charge is 0.366 e. The monoisotopic (exact) mass is 317 g/mol. The summed E-state index contributed by atoms with van der Waals surface area (Å²) in [6.45, 7) is 0. The molecule has 0 saturated heterocycles. The van der Waals surface area contributed by atoms with Crippen molar-refractivity contribution in [1.29, 1.82) is 0 Å². The first-order chi connectivity index (χ1) is 8.32. The number of aromatic hydroxyl groups is 1. The summed E-state index contributed by atoms with van der Waals surface area (Å²) >= 11 is 3.03. The Kier molecular flexibility index (Phi) is 4.05. The van der Waals surface area contributed by atoms with Gasteiger partial charge in [0.25, 0.3) is 0 Å². The Morgan fingerprint density at radius 1 is 1.44 bits per heavy atom. The molecule has 96 valence electrons. The minimum Gasteiger partial charge on any atom is -0.722 e. The summed E-state index contributed by atoms with van der Waals surface area (Å²) in [5, 5.41) is 34.4. The van der Waals surface area contributed by atoms with Gasteiger partial charge in [0.05, 0.1) is 11.1 Å². The largest absolute Gasteiger partial charge is 0.722 e. The molecule has 18 heavy (non-hydrogen) atoms. The Hall–Kier alpha value is -2.36. The van der Waals surface area contributed by atoms with Crippen molar-refractivity contribution >= 4 is 33.8 Å². The van der Waals surface area contributed by atoms with Gasteiger partial charge in [0.15, 0.2) is 0 Å². The maximum atomic E-state index is 10.9. The van der Waals surface area contributed by atoms with E-state index in [0.29, 0.717) is 4.47 Å². The molecule has 0 unspecified atom stereocenters. The van der Waals surface area contributed by atoms with Crippen LogP contribution in [0.25, 0.3) is 0 Å². The second kappa shape index (κ2) is 5.31. The molecular weight excluding hydrogens is 310 g/mol. The summed E-state index contributed by atoms with van der Waals surface area (Å²) in [7, 11) is 0. The molecule has 0 heterocycles. The van der Waals surface area contributed by atoms with Crippen LogP contribution >= 0.6 is 15.9 Å². The molecule has 0 spiro atoms. The summed E-state index contributed by atoms with van der Waals surface area (Å²) < 4.78 is 0.343. The van der Waals surface area contributed by atoms with E-state index < -0.39 is 22.3 Å². The van der Waals surface area contributed by atoms with Crippen LogP contribution in [0, 0.1) is 15.3 Å². The molecule has 9 nitrogen and oxygen atoms in total. The van der Waals surface area contributed by atoms with Gasteiger partial charge in [0, 0.05) is 16.1 Å². The fraction of sp³-hybridized carbons (Fsp3) is 0. The van der Waals surface area contributed by atoms with Crippen LogP contribution in [0.3, 0.4) is 0 Å². The van der Waals surface area contributed by atoms with Gasteiger partial charge >= 0.3 is 11.6 Å². The summed E-state index contributed by atoms with van der Waals surface area (Å²) in [4.78, 5) is 9.78. The van der Waals surface area contributed by atoms with Gasteiger partial charge in [0.1, 0.15) is 0 Å². The van der Waals surface area contributed by atoms with E-state index in [9.17, 15) is 20.4 Å². The molecule has 1 aromatic rings. The van der Waals surface area contributed by atoms with Crippen molar-refractivity contribution in [3.05, 3.63) is 37.5 Å². The van der Waals surface area contributed by atoms with Crippen LogP contribution in [-0.4, -0.2) is 27.1 Å². The number of benzene rings is 1. The van der Waals surface area contributed by atoms with E-state index in [-0.39, 0.29) is 10.4 Å². The van der Waals surface area contributed by atoms with Crippen molar-refractivity contribution in [3.63, 3.8) is 0 Å². The average Bonchev–Trinajstić information content (AvgIpc) is 2.28. The lowest BCUT2D eigenvalue weighted by molar-refractivity contribution is -0.463. The predicted molar refractivity (Wildman–Crippen MR) is 67.1 cm³/mol. The first-order valence-corrected chi connectivity index (χ1v) is 5.18. The van der Waals surface area contributed by atoms with Gasteiger partial charge in [-0.3, -0.25) is 21.6 Å². The molecule has 0 fully saturated rings. The highest BCUT2D eigenvalue weighted by Gasteiger charge is 2.17. The van der Waals surface area contributed by atoms with Gasteiger partial charge < -0.3 is 10.3 Å². The Labute approximate surface area is 109 Å². The van der Waals surface area contributed by atoms with Gasteiger partial charge in [-0.1, -0.05) is 15.9 Å². The zero-order valence-corrected chi connectivity index (χ0v) is 10.4. The lowest BCUT2D eigenvalue weighted by Gasteiger charge is -2.04. The molecule has 5 N–H and O–H groups in total. The number of nitrogens with two attached hydrogens (primary N) is 2. The molecule has 0 saturated carbocycles. The summed E-state index contributed by atoms with van der Waals surface area (Å²) in [6, 6.07) is 2.46. The first-order valence-electron chi connectivity index (χ1n) is 4.39. The molecule has 0 amide bonds. The average molecular weight is 318 g/mol. The second-order valence-corrected chi connectivity index (χ2v) is 3.98. The third kappa shape index (κ3) is 3.07. The number of hydrogen-bond donors (Lipinski definition) is 3. The van der Waals surface area contributed by atoms with E-state index in [1.165, 1.54) is 6.07 Å². The number of halogens is 1. The van der Waals surface area contributed by atoms with E-state index in [1.54, 1.807) is 0 Å². The standard InChI is InChI=1S/C8H8BrN5O4/c9-5-1-4(3-12-13(16)8(10)11)7(15)6(2-5)14(17)18/h1-3,15H,10-11H2/b12-3+. The SMILES string of the molecule is NC(N)=[N+]([O-])/N=C/c1cc(Br)cc([N+](=O)[O-])c1O. The van der Waals surface area contributed by atoms with E-state index in [2.05, 4.69) is 21.0 Å². The van der Waals surface area contributed by atoms with Crippen molar-refractivity contribution < 1.29 is 14.9 Å². The molecular formula is C8H8BrN5O4. The number of guanidine groups is 1. The maximum Gasteiger partial charge on any atom is 0.366 e. The summed E-state index contributed by atoms with van der Waals surface area (Å²) in [6.07, 6.45) is 0.903. The zero-order chi connectivity index (χ0) is 13.9. The maximum absolute atomic E-state index is 10.9. The molecule has 10 heteroatoms. The number of nitrogens with zero attached hydrogens (tertiary/aromatic N) is 3. The van der Waals surface area contributed by atoms with Crippen LogP contribution < -0.4 is 11.5 Å². The van der Waals surface area contributed by atoms with Crippen molar-refractivity contribution in [2.45, 2.75) is 0 Å². The lowest BCUT2D eigenvalue weighted by Crippen LogP contribution is -2.30. The normalized spacial score (nSPS) is 10.5. The Bertz CT molecular complexity index is 553. The molecule has 0 atom stereocenters. The second-order valence-electron chi connectivity index (χ2n) is 3.06. The highest BCUT2D eigenvalue weighted by atomic mass is 79.9. The Morgan fingerprint density at radius 2 is 2.06 bits per heavy atom. The number of nitro groups is 1. The van der Waals surface area contributed by atoms with Crippen LogP contribution in [0.15, 0.2) is 21.7 Å². The number of hydrazone groups is 1.